The molecule has 1 aromatic carbocycles. The van der Waals surface area contributed by atoms with Crippen molar-refractivity contribution in [3.05, 3.63) is 29.6 Å². The van der Waals surface area contributed by atoms with Crippen molar-refractivity contribution < 1.29 is 27.0 Å². The van der Waals surface area contributed by atoms with E-state index in [1.807, 2.05) is 6.08 Å². The molecule has 0 saturated heterocycles. The molecule has 2 fully saturated rings. The van der Waals surface area contributed by atoms with Crippen LogP contribution in [0.5, 0.6) is 11.5 Å². The summed E-state index contributed by atoms with van der Waals surface area (Å²) in [7, 11) is 0. The van der Waals surface area contributed by atoms with E-state index in [-0.39, 0.29) is 17.9 Å². The molecule has 2 nitrogen and oxygen atoms in total. The number of ether oxygens (including phenoxy) is 2. The Bertz CT molecular complexity index is 587. The molecule has 126 valence electrons. The molecule has 0 N–H and O–H groups in total. The van der Waals surface area contributed by atoms with Crippen molar-refractivity contribution in [2.45, 2.75) is 38.5 Å². The summed E-state index contributed by atoms with van der Waals surface area (Å²) in [6, 6.07) is 2.76. The molecule has 3 rings (SSSR count). The van der Waals surface area contributed by atoms with Crippen molar-refractivity contribution in [3.63, 3.8) is 0 Å². The molecule has 0 bridgehead atoms. The number of benzene rings is 1. The van der Waals surface area contributed by atoms with Crippen molar-refractivity contribution >= 4 is 6.08 Å². The molecule has 2 saturated carbocycles. The molecule has 0 atom stereocenters. The molecule has 0 unspecified atom stereocenters. The predicted octanol–water partition coefficient (Wildman–Crippen LogP) is 5.33. The lowest BCUT2D eigenvalue weighted by Crippen LogP contribution is -2.19. The van der Waals surface area contributed by atoms with E-state index >= 15 is 0 Å². The maximum absolute atomic E-state index is 14.4. The summed E-state index contributed by atoms with van der Waals surface area (Å²) >= 11 is 0. The molecule has 0 heterocycles. The van der Waals surface area contributed by atoms with Gasteiger partial charge >= 0.3 is 6.36 Å². The van der Waals surface area contributed by atoms with Crippen LogP contribution in [0.25, 0.3) is 6.08 Å². The first-order valence-corrected chi connectivity index (χ1v) is 7.81. The molecule has 23 heavy (non-hydrogen) atoms. The second-order valence-electron chi connectivity index (χ2n) is 6.12. The quantitative estimate of drug-likeness (QED) is 0.629. The monoisotopic (exact) mass is 330 g/mol. The van der Waals surface area contributed by atoms with Gasteiger partial charge in [-0.05, 0) is 43.2 Å². The lowest BCUT2D eigenvalue weighted by atomic mass is 10.1. The topological polar surface area (TPSA) is 18.5 Å². The maximum Gasteiger partial charge on any atom is 0.573 e. The van der Waals surface area contributed by atoms with Gasteiger partial charge < -0.3 is 9.47 Å². The zero-order chi connectivity index (χ0) is 16.4. The summed E-state index contributed by atoms with van der Waals surface area (Å²) < 4.78 is 61.2. The first-order valence-electron chi connectivity index (χ1n) is 7.81. The van der Waals surface area contributed by atoms with Crippen molar-refractivity contribution in [1.29, 1.82) is 0 Å². The highest BCUT2D eigenvalue weighted by Crippen LogP contribution is 2.39. The Hall–Kier alpha value is -1.72. The minimum absolute atomic E-state index is 0.0747. The van der Waals surface area contributed by atoms with Gasteiger partial charge in [-0.25, -0.2) is 4.39 Å². The van der Waals surface area contributed by atoms with Gasteiger partial charge in [0.1, 0.15) is 0 Å². The van der Waals surface area contributed by atoms with E-state index in [1.54, 1.807) is 0 Å². The lowest BCUT2D eigenvalue weighted by Gasteiger charge is -2.16. The summed E-state index contributed by atoms with van der Waals surface area (Å²) in [4.78, 5) is 0. The summed E-state index contributed by atoms with van der Waals surface area (Å²) in [5, 5.41) is 0. The fraction of sp³-hybridized carbons (Fsp3) is 0.529. The molecule has 0 amide bonds. The van der Waals surface area contributed by atoms with Crippen LogP contribution < -0.4 is 9.47 Å². The van der Waals surface area contributed by atoms with Crippen molar-refractivity contribution in [3.8, 4) is 11.5 Å². The van der Waals surface area contributed by atoms with Crippen LogP contribution >= 0.6 is 0 Å². The third-order valence-corrected chi connectivity index (χ3v) is 3.96. The highest BCUT2D eigenvalue weighted by Gasteiger charge is 2.35. The Kier molecular flexibility index (Phi) is 4.50. The minimum atomic E-state index is -4.96. The fourth-order valence-electron chi connectivity index (χ4n) is 2.28. The first-order chi connectivity index (χ1) is 10.9. The second-order valence-corrected chi connectivity index (χ2v) is 6.12. The molecule has 0 aliphatic heterocycles. The van der Waals surface area contributed by atoms with Gasteiger partial charge in [-0.2, -0.15) is 0 Å². The van der Waals surface area contributed by atoms with E-state index in [4.69, 9.17) is 4.74 Å². The van der Waals surface area contributed by atoms with Gasteiger partial charge in [0.25, 0.3) is 0 Å². The van der Waals surface area contributed by atoms with Gasteiger partial charge in [0, 0.05) is 5.56 Å². The van der Waals surface area contributed by atoms with Crippen LogP contribution in [0.15, 0.2) is 18.2 Å². The summed E-state index contributed by atoms with van der Waals surface area (Å²) in [5.41, 5.74) is 0.0747. The molecule has 1 aromatic rings. The van der Waals surface area contributed by atoms with Crippen molar-refractivity contribution in [1.82, 2.24) is 0 Å². The molecule has 0 aromatic heterocycles. The van der Waals surface area contributed by atoms with Gasteiger partial charge in [0.2, 0.25) is 5.75 Å². The SMILES string of the molecule is Fc1c(/C=C/C2CC2)ccc(OCCC2CC2)c1OC(F)(F)F. The van der Waals surface area contributed by atoms with Gasteiger partial charge in [-0.1, -0.05) is 25.0 Å². The Morgan fingerprint density at radius 1 is 1.13 bits per heavy atom. The van der Waals surface area contributed by atoms with Crippen LogP contribution in [0.1, 0.15) is 37.7 Å². The average molecular weight is 330 g/mol. The van der Waals surface area contributed by atoms with Gasteiger partial charge in [-0.15, -0.1) is 13.2 Å². The lowest BCUT2D eigenvalue weighted by molar-refractivity contribution is -0.276. The highest BCUT2D eigenvalue weighted by atomic mass is 19.4. The molecular formula is C17H18F4O2. The van der Waals surface area contributed by atoms with E-state index < -0.39 is 17.9 Å². The zero-order valence-electron chi connectivity index (χ0n) is 12.5. The van der Waals surface area contributed by atoms with Gasteiger partial charge in [0.15, 0.2) is 11.6 Å². The van der Waals surface area contributed by atoms with E-state index in [9.17, 15) is 17.6 Å². The molecule has 2 aliphatic carbocycles. The highest BCUT2D eigenvalue weighted by molar-refractivity contribution is 5.57. The first kappa shape index (κ1) is 16.1. The van der Waals surface area contributed by atoms with Crippen LogP contribution in [0, 0.1) is 17.7 Å². The number of hydrogen-bond acceptors (Lipinski definition) is 2. The van der Waals surface area contributed by atoms with E-state index in [0.29, 0.717) is 11.8 Å². The van der Waals surface area contributed by atoms with E-state index in [2.05, 4.69) is 4.74 Å². The standard InChI is InChI=1S/C17H18F4O2/c18-15-13(6-5-11-1-2-11)7-8-14(16(15)23-17(19,20)21)22-10-9-12-3-4-12/h5-8,11-12H,1-4,9-10H2/b6-5+. The number of rotatable bonds is 7. The molecule has 0 radical (unpaired) electrons. The van der Waals surface area contributed by atoms with Gasteiger partial charge in [0.05, 0.1) is 6.61 Å². The molecule has 0 spiro atoms. The number of allylic oxidation sites excluding steroid dienone is 1. The predicted molar refractivity (Wildman–Crippen MR) is 77.7 cm³/mol. The number of alkyl halides is 3. The second kappa shape index (κ2) is 6.42. The third kappa shape index (κ3) is 4.88. The van der Waals surface area contributed by atoms with Crippen molar-refractivity contribution in [2.75, 3.05) is 6.61 Å². The summed E-state index contributed by atoms with van der Waals surface area (Å²) in [6.45, 7) is 0.260. The zero-order valence-corrected chi connectivity index (χ0v) is 12.5. The minimum Gasteiger partial charge on any atom is -0.490 e. The molecule has 2 aliphatic rings. The van der Waals surface area contributed by atoms with Crippen LogP contribution in [0.4, 0.5) is 17.6 Å². The van der Waals surface area contributed by atoms with Crippen LogP contribution in [0.2, 0.25) is 0 Å². The third-order valence-electron chi connectivity index (χ3n) is 3.96. The van der Waals surface area contributed by atoms with Crippen LogP contribution in [-0.4, -0.2) is 13.0 Å². The molecule has 6 heteroatoms. The number of halogens is 4. The Labute approximate surface area is 132 Å². The average Bonchev–Trinajstić information content (AvgIpc) is 3.34. The molecular weight excluding hydrogens is 312 g/mol. The van der Waals surface area contributed by atoms with E-state index in [1.165, 1.54) is 18.2 Å². The fourth-order valence-corrected chi connectivity index (χ4v) is 2.28. The Morgan fingerprint density at radius 3 is 2.48 bits per heavy atom. The van der Waals surface area contributed by atoms with Crippen LogP contribution in [-0.2, 0) is 0 Å². The summed E-state index contributed by atoms with van der Waals surface area (Å²) in [5.74, 6) is -1.15. The smallest absolute Gasteiger partial charge is 0.490 e. The Morgan fingerprint density at radius 2 is 1.87 bits per heavy atom. The van der Waals surface area contributed by atoms with E-state index in [0.717, 1.165) is 32.1 Å². The largest absolute Gasteiger partial charge is 0.573 e. The Balaban J connectivity index is 1.78. The summed E-state index contributed by atoms with van der Waals surface area (Å²) in [6.07, 6.45) is 3.42. The normalized spacial score (nSPS) is 18.4. The maximum atomic E-state index is 14.4. The number of hydrogen-bond donors (Lipinski definition) is 0. The van der Waals surface area contributed by atoms with Crippen LogP contribution in [0.3, 0.4) is 0 Å². The van der Waals surface area contributed by atoms with Crippen molar-refractivity contribution in [2.24, 2.45) is 11.8 Å². The van der Waals surface area contributed by atoms with Gasteiger partial charge in [-0.3, -0.25) is 0 Å².